The number of carbonyl (C=O) groups is 2. The number of nitrogens with one attached hydrogen (secondary N) is 3. The maximum atomic E-state index is 13.3. The molecule has 3 N–H and O–H groups in total. The summed E-state index contributed by atoms with van der Waals surface area (Å²) in [5.41, 5.74) is 3.18. The van der Waals surface area contributed by atoms with E-state index in [4.69, 9.17) is 10.1 Å². The van der Waals surface area contributed by atoms with Crippen molar-refractivity contribution in [2.45, 2.75) is 70.5 Å². The predicted molar refractivity (Wildman–Crippen MR) is 139 cm³/mol. The molecule has 192 valence electrons. The van der Waals surface area contributed by atoms with E-state index in [2.05, 4.69) is 34.7 Å². The molecule has 2 heterocycles. The molecule has 8 nitrogen and oxygen atoms in total. The van der Waals surface area contributed by atoms with Crippen LogP contribution >= 0.6 is 0 Å². The van der Waals surface area contributed by atoms with Gasteiger partial charge in [0.05, 0.1) is 24.1 Å². The molecule has 0 unspecified atom stereocenters. The van der Waals surface area contributed by atoms with Gasteiger partial charge in [-0.1, -0.05) is 45.0 Å². The van der Waals surface area contributed by atoms with E-state index in [-0.39, 0.29) is 23.8 Å². The molecule has 8 heteroatoms. The lowest BCUT2D eigenvalue weighted by molar-refractivity contribution is -0.133. The van der Waals surface area contributed by atoms with E-state index in [9.17, 15) is 9.59 Å². The lowest BCUT2D eigenvalue weighted by Crippen LogP contribution is -2.62. The number of methoxy groups -OCH3 is 1. The molecule has 0 radical (unpaired) electrons. The Hall–Kier alpha value is -3.26. The van der Waals surface area contributed by atoms with Crippen molar-refractivity contribution >= 4 is 17.8 Å². The van der Waals surface area contributed by atoms with Crippen molar-refractivity contribution < 1.29 is 14.3 Å². The average molecular weight is 492 g/mol. The summed E-state index contributed by atoms with van der Waals surface area (Å²) in [6.45, 7) is 6.62. The summed E-state index contributed by atoms with van der Waals surface area (Å²) in [4.78, 5) is 32.5. The molecule has 2 aromatic rings. The van der Waals surface area contributed by atoms with Crippen LogP contribution in [0.15, 0.2) is 42.7 Å². The first kappa shape index (κ1) is 25.8. The highest BCUT2D eigenvalue weighted by Crippen LogP contribution is 2.36. The molecule has 2 amide bonds. The third kappa shape index (κ3) is 5.00. The number of ether oxygens (including phenoxy) is 1. The van der Waals surface area contributed by atoms with Crippen LogP contribution in [0.3, 0.4) is 0 Å². The molecule has 0 saturated carbocycles. The summed E-state index contributed by atoms with van der Waals surface area (Å²) in [5.74, 6) is 0.0847. The Labute approximate surface area is 213 Å². The van der Waals surface area contributed by atoms with Crippen LogP contribution in [-0.4, -0.2) is 46.9 Å². The summed E-state index contributed by atoms with van der Waals surface area (Å²) >= 11 is 0. The lowest BCUT2D eigenvalue weighted by Gasteiger charge is -2.44. The minimum Gasteiger partial charge on any atom is -0.385 e. The van der Waals surface area contributed by atoms with Crippen molar-refractivity contribution in [1.82, 2.24) is 20.5 Å². The summed E-state index contributed by atoms with van der Waals surface area (Å²) < 4.78 is 5.32. The molecule has 1 aliphatic heterocycles. The molecular formula is C28H37N5O3. The molecule has 2 aliphatic rings. The molecule has 1 aromatic heterocycles. The Morgan fingerprint density at radius 1 is 1.31 bits per heavy atom. The number of nitrogens with zero attached hydrogens (tertiary/aromatic N) is 2. The standard InChI is InChI=1S/C28H37N5O3/c1-5-28(6-2)15-24(34)33(27(29)32-28)23(11-12-36-4)20-14-21(17-30-16-20)26(35)31-25-18(3)13-19-9-7-8-10-22(19)25/h7-10,14,16-18,23,25H,5-6,11-13,15H2,1-4H3,(H2,29,32)(H,31,35)/t18-,23-,25+/m1/s1. The number of pyridine rings is 1. The summed E-state index contributed by atoms with van der Waals surface area (Å²) in [6.07, 6.45) is 6.48. The molecule has 3 atom stereocenters. The molecule has 36 heavy (non-hydrogen) atoms. The normalized spacial score (nSPS) is 21.6. The van der Waals surface area contributed by atoms with E-state index in [1.54, 1.807) is 25.6 Å². The smallest absolute Gasteiger partial charge is 0.253 e. The number of carbonyl (C=O) groups excluding carboxylic acids is 2. The van der Waals surface area contributed by atoms with Gasteiger partial charge in [-0.3, -0.25) is 24.9 Å². The monoisotopic (exact) mass is 491 g/mol. The highest BCUT2D eigenvalue weighted by molar-refractivity contribution is 6.00. The summed E-state index contributed by atoms with van der Waals surface area (Å²) in [5, 5.41) is 15.2. The maximum absolute atomic E-state index is 13.3. The number of amides is 2. The predicted octanol–water partition coefficient (Wildman–Crippen LogP) is 4.14. The van der Waals surface area contributed by atoms with Crippen LogP contribution in [0.2, 0.25) is 0 Å². The third-order valence-corrected chi connectivity index (χ3v) is 7.84. The van der Waals surface area contributed by atoms with Crippen molar-refractivity contribution in [3.05, 3.63) is 65.0 Å². The lowest BCUT2D eigenvalue weighted by atomic mass is 9.86. The SMILES string of the molecule is CCC1(CC)CC(=O)N([C@H](CCOC)c2cncc(C(=O)N[C@@H]3c4ccccc4C[C@H]3C)c2)C(=N)N1. The number of aromatic nitrogens is 1. The van der Waals surface area contributed by atoms with Gasteiger partial charge in [0.2, 0.25) is 5.91 Å². The Morgan fingerprint density at radius 3 is 2.75 bits per heavy atom. The number of guanidine groups is 1. The molecular weight excluding hydrogens is 454 g/mol. The number of hydrogen-bond donors (Lipinski definition) is 3. The highest BCUT2D eigenvalue weighted by atomic mass is 16.5. The highest BCUT2D eigenvalue weighted by Gasteiger charge is 2.42. The Balaban J connectivity index is 1.58. The van der Waals surface area contributed by atoms with Gasteiger partial charge < -0.3 is 15.4 Å². The van der Waals surface area contributed by atoms with Crippen LogP contribution in [-0.2, 0) is 16.0 Å². The molecule has 1 aliphatic carbocycles. The minimum atomic E-state index is -0.462. The van der Waals surface area contributed by atoms with Gasteiger partial charge in [-0.2, -0.15) is 0 Å². The van der Waals surface area contributed by atoms with Crippen LogP contribution in [0.5, 0.6) is 0 Å². The second kappa shape index (κ2) is 10.8. The van der Waals surface area contributed by atoms with Crippen molar-refractivity contribution in [2.24, 2.45) is 5.92 Å². The fourth-order valence-electron chi connectivity index (χ4n) is 5.54. The topological polar surface area (TPSA) is 107 Å². The van der Waals surface area contributed by atoms with E-state index >= 15 is 0 Å². The summed E-state index contributed by atoms with van der Waals surface area (Å²) in [6, 6.07) is 9.49. The first-order valence-electron chi connectivity index (χ1n) is 12.8. The van der Waals surface area contributed by atoms with E-state index in [0.29, 0.717) is 36.5 Å². The second-order valence-electron chi connectivity index (χ2n) is 10.0. The molecule has 4 rings (SSSR count). The Kier molecular flexibility index (Phi) is 7.73. The molecule has 0 spiro atoms. The first-order chi connectivity index (χ1) is 17.3. The third-order valence-electron chi connectivity index (χ3n) is 7.84. The molecule has 1 fully saturated rings. The largest absolute Gasteiger partial charge is 0.385 e. The van der Waals surface area contributed by atoms with E-state index < -0.39 is 11.6 Å². The molecule has 1 aromatic carbocycles. The molecule has 0 bridgehead atoms. The van der Waals surface area contributed by atoms with Gasteiger partial charge in [0.1, 0.15) is 0 Å². The number of benzene rings is 1. The van der Waals surface area contributed by atoms with E-state index in [1.807, 2.05) is 26.0 Å². The number of rotatable bonds is 9. The van der Waals surface area contributed by atoms with Gasteiger partial charge in [-0.25, -0.2) is 0 Å². The van der Waals surface area contributed by atoms with Crippen molar-refractivity contribution in [1.29, 1.82) is 5.41 Å². The van der Waals surface area contributed by atoms with Gasteiger partial charge >= 0.3 is 0 Å². The van der Waals surface area contributed by atoms with Crippen molar-refractivity contribution in [3.63, 3.8) is 0 Å². The van der Waals surface area contributed by atoms with Gasteiger partial charge in [-0.05, 0) is 54.4 Å². The number of fused-ring (bicyclic) bond motifs is 1. The number of hydrogen-bond acceptors (Lipinski definition) is 5. The maximum Gasteiger partial charge on any atom is 0.253 e. The van der Waals surface area contributed by atoms with Crippen LogP contribution < -0.4 is 10.6 Å². The second-order valence-corrected chi connectivity index (χ2v) is 10.0. The van der Waals surface area contributed by atoms with E-state index in [0.717, 1.165) is 24.8 Å². The van der Waals surface area contributed by atoms with Crippen molar-refractivity contribution in [3.8, 4) is 0 Å². The van der Waals surface area contributed by atoms with Gasteiger partial charge in [0, 0.05) is 31.6 Å². The minimum absolute atomic E-state index is 0.0566. The summed E-state index contributed by atoms with van der Waals surface area (Å²) in [7, 11) is 1.61. The first-order valence-corrected chi connectivity index (χ1v) is 12.8. The fraction of sp³-hybridized carbons (Fsp3) is 0.500. The van der Waals surface area contributed by atoms with Crippen molar-refractivity contribution in [2.75, 3.05) is 13.7 Å². The van der Waals surface area contributed by atoms with Crippen LogP contribution in [0.4, 0.5) is 0 Å². The Morgan fingerprint density at radius 2 is 2.06 bits per heavy atom. The zero-order chi connectivity index (χ0) is 25.9. The fourth-order valence-corrected chi connectivity index (χ4v) is 5.54. The van der Waals surface area contributed by atoms with E-state index in [1.165, 1.54) is 10.5 Å². The van der Waals surface area contributed by atoms with Gasteiger partial charge in [0.25, 0.3) is 5.91 Å². The van der Waals surface area contributed by atoms with Crippen LogP contribution in [0.25, 0.3) is 0 Å². The van der Waals surface area contributed by atoms with Gasteiger partial charge in [-0.15, -0.1) is 0 Å². The zero-order valence-electron chi connectivity index (χ0n) is 21.6. The van der Waals surface area contributed by atoms with Crippen LogP contribution in [0, 0.1) is 11.3 Å². The zero-order valence-corrected chi connectivity index (χ0v) is 21.6. The Bertz CT molecular complexity index is 1110. The van der Waals surface area contributed by atoms with Crippen LogP contribution in [0.1, 0.15) is 85.6 Å². The molecule has 1 saturated heterocycles. The quantitative estimate of drug-likeness (QED) is 0.489. The average Bonchev–Trinajstić information content (AvgIpc) is 3.20. The van der Waals surface area contributed by atoms with Gasteiger partial charge in [0.15, 0.2) is 5.96 Å².